The first-order valence-electron chi connectivity index (χ1n) is 18.4. The summed E-state index contributed by atoms with van der Waals surface area (Å²) >= 11 is 3.40. The first-order valence-corrected chi connectivity index (χ1v) is 21.7. The molecule has 0 saturated heterocycles. The van der Waals surface area contributed by atoms with Gasteiger partial charge in [0.05, 0.1) is 0 Å². The Morgan fingerprint density at radius 3 is 1.39 bits per heavy atom. The Bertz CT molecular complexity index is 1420. The Kier molecular flexibility index (Phi) is 15.3. The average Bonchev–Trinajstić information content (AvgIpc) is 3.90. The molecule has 1 aliphatic heterocycles. The molecule has 250 valence electrons. The number of aromatic nitrogens is 3. The predicted molar refractivity (Wildman–Crippen MR) is 201 cm³/mol. The van der Waals surface area contributed by atoms with Gasteiger partial charge in [-0.15, -0.1) is 0 Å². The molecule has 0 N–H and O–H groups in total. The van der Waals surface area contributed by atoms with Gasteiger partial charge >= 0.3 is 202 Å². The van der Waals surface area contributed by atoms with E-state index in [2.05, 4.69) is 48.9 Å². The number of hydrogen-bond acceptors (Lipinski definition) is 6. The van der Waals surface area contributed by atoms with Crippen LogP contribution in [-0.4, -0.2) is 29.6 Å². The van der Waals surface area contributed by atoms with Gasteiger partial charge in [0.25, 0.3) is 0 Å². The molecular weight excluding hydrogens is 670 g/mol. The minimum absolute atomic E-state index is 0.120. The molecule has 4 heterocycles. The molecule has 5 rings (SSSR count). The number of rotatable bonds is 24. The minimum atomic E-state index is -0.120. The van der Waals surface area contributed by atoms with Crippen molar-refractivity contribution in [3.05, 3.63) is 35.0 Å². The first-order chi connectivity index (χ1) is 22.8. The Labute approximate surface area is 291 Å². The molecule has 1 atom stereocenters. The molecule has 1 aromatic carbocycles. The van der Waals surface area contributed by atoms with Crippen LogP contribution in [0.3, 0.4) is 0 Å². The fourth-order valence-electron chi connectivity index (χ4n) is 6.86. The van der Waals surface area contributed by atoms with E-state index in [4.69, 9.17) is 18.1 Å². The molecule has 4 aromatic rings. The van der Waals surface area contributed by atoms with Crippen molar-refractivity contribution in [2.45, 2.75) is 149 Å². The van der Waals surface area contributed by atoms with E-state index in [-0.39, 0.29) is 14.6 Å². The number of unbranched alkanes of at least 4 members (excludes halogenated alkanes) is 16. The standard InChI is InChI=1S/C38H55N5S2Se/c1-3-5-7-9-11-13-14-16-18-20-24-30(23-19-17-15-12-10-8-6-4-2)29-43-39-35-33(31-25-21-27-44-31)37-38(42-46-41-37)34(36(35)40-43)32-26-22-28-45-32/h21-22,25-28,30H,3-20,23-24,29H2,1-2H3. The maximum atomic E-state index is 5.26. The van der Waals surface area contributed by atoms with Crippen LogP contribution < -0.4 is 0 Å². The molecule has 8 heteroatoms. The van der Waals surface area contributed by atoms with Gasteiger partial charge in [0.1, 0.15) is 0 Å². The van der Waals surface area contributed by atoms with Crippen LogP contribution in [0.4, 0.5) is 11.4 Å². The van der Waals surface area contributed by atoms with Crippen LogP contribution in [-0.2, 0) is 6.54 Å². The van der Waals surface area contributed by atoms with Crippen LogP contribution in [0.5, 0.6) is 0 Å². The first kappa shape index (κ1) is 35.4. The van der Waals surface area contributed by atoms with Gasteiger partial charge in [0.15, 0.2) is 0 Å². The quantitative estimate of drug-likeness (QED) is 0.0470. The third-order valence-corrected chi connectivity index (χ3v) is 12.4. The van der Waals surface area contributed by atoms with E-state index in [0.717, 1.165) is 40.1 Å². The van der Waals surface area contributed by atoms with E-state index < -0.39 is 0 Å². The SMILES string of the molecule is CCCCCCCCCCCCC(CCCCCCCCCC)Cn1nc2c(-c3cccs3)c3c(c(-c4cccs4)c2n1)N=[Se]=N3. The topological polar surface area (TPSA) is 55.4 Å². The number of fused-ring (bicyclic) bond motifs is 2. The van der Waals surface area contributed by atoms with E-state index in [0.29, 0.717) is 5.92 Å². The van der Waals surface area contributed by atoms with Gasteiger partial charge < -0.3 is 0 Å². The van der Waals surface area contributed by atoms with E-state index >= 15 is 0 Å². The summed E-state index contributed by atoms with van der Waals surface area (Å²) in [6.45, 7) is 5.51. The summed E-state index contributed by atoms with van der Waals surface area (Å²) < 4.78 is 9.89. The predicted octanol–water partition coefficient (Wildman–Crippen LogP) is 13.7. The van der Waals surface area contributed by atoms with E-state index in [9.17, 15) is 0 Å². The van der Waals surface area contributed by atoms with Gasteiger partial charge in [0, 0.05) is 0 Å². The molecule has 1 unspecified atom stereocenters. The molecule has 0 radical (unpaired) electrons. The van der Waals surface area contributed by atoms with Gasteiger partial charge in [-0.05, 0) is 0 Å². The number of nitrogens with zero attached hydrogens (tertiary/aromatic N) is 5. The molecule has 0 saturated carbocycles. The van der Waals surface area contributed by atoms with E-state index in [1.165, 1.54) is 138 Å². The molecular formula is C38H55N5S2Se. The Morgan fingerprint density at radius 1 is 0.587 bits per heavy atom. The zero-order valence-corrected chi connectivity index (χ0v) is 31.7. The normalized spacial score (nSPS) is 13.1. The van der Waals surface area contributed by atoms with Crippen LogP contribution in [0.1, 0.15) is 142 Å². The molecule has 0 bridgehead atoms. The number of benzene rings is 1. The van der Waals surface area contributed by atoms with Crippen molar-refractivity contribution in [1.29, 1.82) is 0 Å². The van der Waals surface area contributed by atoms with E-state index in [1.54, 1.807) is 22.7 Å². The van der Waals surface area contributed by atoms with Crippen LogP contribution in [0.15, 0.2) is 43.0 Å². The third-order valence-electron chi connectivity index (χ3n) is 9.48. The molecule has 46 heavy (non-hydrogen) atoms. The molecule has 0 aliphatic carbocycles. The summed E-state index contributed by atoms with van der Waals surface area (Å²) in [5.41, 5.74) is 6.28. The van der Waals surface area contributed by atoms with Crippen LogP contribution in [0.2, 0.25) is 0 Å². The summed E-state index contributed by atoms with van der Waals surface area (Å²) in [5, 5.41) is 14.8. The van der Waals surface area contributed by atoms with Crippen molar-refractivity contribution >= 4 is 59.6 Å². The summed E-state index contributed by atoms with van der Waals surface area (Å²) in [6.07, 6.45) is 27.5. The van der Waals surface area contributed by atoms with Gasteiger partial charge in [-0.1, -0.05) is 90.9 Å². The molecule has 0 amide bonds. The van der Waals surface area contributed by atoms with Crippen molar-refractivity contribution in [2.75, 3.05) is 0 Å². The van der Waals surface area contributed by atoms with Crippen LogP contribution >= 0.6 is 22.7 Å². The second-order valence-corrected chi connectivity index (χ2v) is 16.2. The summed E-state index contributed by atoms with van der Waals surface area (Å²) in [4.78, 5) is 4.47. The molecule has 5 nitrogen and oxygen atoms in total. The molecule has 3 aromatic heterocycles. The van der Waals surface area contributed by atoms with Crippen molar-refractivity contribution < 1.29 is 0 Å². The average molecular weight is 725 g/mol. The Balaban J connectivity index is 1.27. The summed E-state index contributed by atoms with van der Waals surface area (Å²) in [6, 6.07) is 8.64. The number of hydrogen-bond donors (Lipinski definition) is 0. The van der Waals surface area contributed by atoms with Crippen molar-refractivity contribution in [3.63, 3.8) is 0 Å². The third kappa shape index (κ3) is 10.1. The monoisotopic (exact) mass is 725 g/mol. The Morgan fingerprint density at radius 2 is 1.00 bits per heavy atom. The zero-order chi connectivity index (χ0) is 31.8. The summed E-state index contributed by atoms with van der Waals surface area (Å²) in [7, 11) is 0. The molecule has 0 fully saturated rings. The Hall–Kier alpha value is -1.86. The molecule has 0 spiro atoms. The van der Waals surface area contributed by atoms with Gasteiger partial charge in [-0.25, -0.2) is 0 Å². The second-order valence-electron chi connectivity index (χ2n) is 13.2. The fraction of sp³-hybridized carbons (Fsp3) is 0.632. The second kappa shape index (κ2) is 19.8. The van der Waals surface area contributed by atoms with Gasteiger partial charge in [-0.2, -0.15) is 0 Å². The maximum absolute atomic E-state index is 5.26. The van der Waals surface area contributed by atoms with Crippen molar-refractivity contribution in [3.8, 4) is 20.9 Å². The van der Waals surface area contributed by atoms with Gasteiger partial charge in [-0.3, -0.25) is 0 Å². The molecule has 1 aliphatic rings. The van der Waals surface area contributed by atoms with Crippen molar-refractivity contribution in [2.24, 2.45) is 13.8 Å². The van der Waals surface area contributed by atoms with Crippen LogP contribution in [0, 0.1) is 5.92 Å². The summed E-state index contributed by atoms with van der Waals surface area (Å²) in [5.74, 6) is 0.621. The zero-order valence-electron chi connectivity index (χ0n) is 28.4. The van der Waals surface area contributed by atoms with Gasteiger partial charge in [0.2, 0.25) is 0 Å². The number of thiophene rings is 2. The van der Waals surface area contributed by atoms with Crippen molar-refractivity contribution in [1.82, 2.24) is 15.0 Å². The van der Waals surface area contributed by atoms with E-state index in [1.807, 2.05) is 4.80 Å². The van der Waals surface area contributed by atoms with Crippen LogP contribution in [0.25, 0.3) is 31.9 Å². The fourth-order valence-corrected chi connectivity index (χ4v) is 9.58.